The Kier molecular flexibility index (Phi) is 6.22. The molecular formula is C15H17N7OS3. The number of benzene rings is 1. The van der Waals surface area contributed by atoms with Crippen molar-refractivity contribution < 1.29 is 4.79 Å². The lowest BCUT2D eigenvalue weighted by molar-refractivity contribution is -0.113. The highest BCUT2D eigenvalue weighted by Gasteiger charge is 2.14. The lowest BCUT2D eigenvalue weighted by Crippen LogP contribution is -2.14. The Labute approximate surface area is 163 Å². The van der Waals surface area contributed by atoms with Gasteiger partial charge in [0.15, 0.2) is 4.34 Å². The van der Waals surface area contributed by atoms with Gasteiger partial charge >= 0.3 is 0 Å². The second-order valence-corrected chi connectivity index (χ2v) is 8.74. The Morgan fingerprint density at radius 2 is 2.08 bits per heavy atom. The lowest BCUT2D eigenvalue weighted by Gasteiger charge is -2.08. The van der Waals surface area contributed by atoms with Crippen LogP contribution >= 0.6 is 34.9 Å². The molecule has 2 heterocycles. The topological polar surface area (TPSA) is 98.5 Å². The van der Waals surface area contributed by atoms with Crippen LogP contribution in [0, 0.1) is 13.8 Å². The largest absolute Gasteiger partial charge is 0.300 e. The van der Waals surface area contributed by atoms with E-state index < -0.39 is 0 Å². The second-order valence-electron chi connectivity index (χ2n) is 5.31. The van der Waals surface area contributed by atoms with Crippen molar-refractivity contribution in [1.82, 2.24) is 30.4 Å². The van der Waals surface area contributed by atoms with Gasteiger partial charge in [-0.25, -0.2) is 0 Å². The molecule has 0 spiro atoms. The molecule has 8 nitrogen and oxygen atoms in total. The van der Waals surface area contributed by atoms with E-state index in [0.29, 0.717) is 10.3 Å². The van der Waals surface area contributed by atoms with Crippen molar-refractivity contribution in [2.24, 2.45) is 0 Å². The highest BCUT2D eigenvalue weighted by molar-refractivity contribution is 8.01. The molecule has 1 aromatic carbocycles. The summed E-state index contributed by atoms with van der Waals surface area (Å²) in [5.74, 6) is 0.926. The van der Waals surface area contributed by atoms with Crippen LogP contribution in [0.4, 0.5) is 5.13 Å². The van der Waals surface area contributed by atoms with E-state index in [9.17, 15) is 4.79 Å². The number of carbonyl (C=O) groups excluding carboxylic acids is 1. The fraction of sp³-hybridized carbons (Fsp3) is 0.333. The number of hydrogen-bond acceptors (Lipinski definition) is 9. The summed E-state index contributed by atoms with van der Waals surface area (Å²) < 4.78 is 2.49. The Morgan fingerprint density at radius 3 is 2.85 bits per heavy atom. The summed E-state index contributed by atoms with van der Waals surface area (Å²) in [6, 6.07) is 6.05. The maximum absolute atomic E-state index is 12.2. The summed E-state index contributed by atoms with van der Waals surface area (Å²) in [6.07, 6.45) is 0. The number of nitrogens with zero attached hydrogens (tertiary/aromatic N) is 6. The van der Waals surface area contributed by atoms with Gasteiger partial charge in [0.05, 0.1) is 11.4 Å². The maximum atomic E-state index is 12.2. The van der Waals surface area contributed by atoms with E-state index in [-0.39, 0.29) is 11.7 Å². The molecule has 0 atom stereocenters. The van der Waals surface area contributed by atoms with Crippen LogP contribution in [-0.2, 0) is 4.79 Å². The summed E-state index contributed by atoms with van der Waals surface area (Å²) in [7, 11) is 0. The Bertz CT molecular complexity index is 908. The molecule has 1 N–H and O–H groups in total. The number of nitrogens with one attached hydrogen (secondary N) is 1. The predicted octanol–water partition coefficient (Wildman–Crippen LogP) is 2.97. The molecular weight excluding hydrogens is 390 g/mol. The third-order valence-corrected chi connectivity index (χ3v) is 6.05. The fourth-order valence-corrected chi connectivity index (χ4v) is 4.54. The van der Waals surface area contributed by atoms with Gasteiger partial charge < -0.3 is 0 Å². The van der Waals surface area contributed by atoms with Gasteiger partial charge in [-0.05, 0) is 41.7 Å². The van der Waals surface area contributed by atoms with Crippen LogP contribution < -0.4 is 5.32 Å². The number of aromatic nitrogens is 6. The minimum Gasteiger partial charge on any atom is -0.300 e. The average Bonchev–Trinajstić information content (AvgIpc) is 3.23. The van der Waals surface area contributed by atoms with Crippen LogP contribution in [0.2, 0.25) is 0 Å². The van der Waals surface area contributed by atoms with E-state index >= 15 is 0 Å². The van der Waals surface area contributed by atoms with Crippen molar-refractivity contribution in [3.05, 3.63) is 29.3 Å². The molecule has 0 radical (unpaired) electrons. The van der Waals surface area contributed by atoms with Crippen molar-refractivity contribution in [1.29, 1.82) is 0 Å². The molecule has 0 aliphatic heterocycles. The van der Waals surface area contributed by atoms with Crippen LogP contribution in [-0.4, -0.2) is 47.8 Å². The van der Waals surface area contributed by atoms with E-state index in [0.717, 1.165) is 21.3 Å². The standard InChI is InChI=1S/C15H17N7OS3/c1-4-24-15-19-17-13(26-15)16-12(23)8-25-14-18-20-21-22(14)11-6-5-9(2)7-10(11)3/h5-7H,4,8H2,1-3H3,(H,16,17,23). The van der Waals surface area contributed by atoms with Gasteiger partial charge in [0, 0.05) is 0 Å². The molecule has 0 fully saturated rings. The van der Waals surface area contributed by atoms with E-state index in [2.05, 4.69) is 37.1 Å². The zero-order valence-corrected chi connectivity index (χ0v) is 16.9. The van der Waals surface area contributed by atoms with Crippen molar-refractivity contribution in [2.75, 3.05) is 16.8 Å². The molecule has 0 bridgehead atoms. The number of carbonyl (C=O) groups is 1. The number of thioether (sulfide) groups is 2. The summed E-state index contributed by atoms with van der Waals surface area (Å²) in [5.41, 5.74) is 3.14. The Hall–Kier alpha value is -1.98. The number of rotatable bonds is 7. The van der Waals surface area contributed by atoms with Crippen molar-refractivity contribution in [3.8, 4) is 5.69 Å². The minimum absolute atomic E-state index is 0.172. The van der Waals surface area contributed by atoms with Crippen LogP contribution in [0.3, 0.4) is 0 Å². The average molecular weight is 408 g/mol. The molecule has 11 heteroatoms. The second kappa shape index (κ2) is 8.60. The third kappa shape index (κ3) is 4.59. The zero-order valence-electron chi connectivity index (χ0n) is 14.5. The first-order chi connectivity index (χ1) is 12.6. The van der Waals surface area contributed by atoms with Gasteiger partial charge in [0.2, 0.25) is 16.2 Å². The number of hydrogen-bond donors (Lipinski definition) is 1. The van der Waals surface area contributed by atoms with Crippen LogP contribution in [0.5, 0.6) is 0 Å². The molecule has 3 rings (SSSR count). The molecule has 3 aromatic rings. The normalized spacial score (nSPS) is 10.9. The van der Waals surface area contributed by atoms with E-state index in [1.165, 1.54) is 28.7 Å². The van der Waals surface area contributed by atoms with Crippen molar-refractivity contribution >= 4 is 45.9 Å². The summed E-state index contributed by atoms with van der Waals surface area (Å²) in [5, 5.41) is 23.6. The van der Waals surface area contributed by atoms with Gasteiger partial charge in [-0.2, -0.15) is 4.68 Å². The zero-order chi connectivity index (χ0) is 18.5. The molecule has 0 saturated heterocycles. The molecule has 136 valence electrons. The SMILES string of the molecule is CCSc1nnc(NC(=O)CSc2nnnn2-c2ccc(C)cc2C)s1. The number of amides is 1. The third-order valence-electron chi connectivity index (χ3n) is 3.27. The predicted molar refractivity (Wildman–Crippen MR) is 104 cm³/mol. The van der Waals surface area contributed by atoms with Crippen molar-refractivity contribution in [3.63, 3.8) is 0 Å². The molecule has 2 aromatic heterocycles. The Morgan fingerprint density at radius 1 is 1.23 bits per heavy atom. The molecule has 0 saturated carbocycles. The number of anilines is 1. The summed E-state index contributed by atoms with van der Waals surface area (Å²) in [6.45, 7) is 6.09. The van der Waals surface area contributed by atoms with Gasteiger partial charge in [-0.15, -0.1) is 15.3 Å². The molecule has 0 aliphatic carbocycles. The summed E-state index contributed by atoms with van der Waals surface area (Å²) in [4.78, 5) is 12.2. The highest BCUT2D eigenvalue weighted by Crippen LogP contribution is 2.26. The van der Waals surface area contributed by atoms with Gasteiger partial charge in [0.25, 0.3) is 0 Å². The van der Waals surface area contributed by atoms with Crippen LogP contribution in [0.25, 0.3) is 5.69 Å². The minimum atomic E-state index is -0.172. The van der Waals surface area contributed by atoms with Crippen molar-refractivity contribution in [2.45, 2.75) is 30.3 Å². The quantitative estimate of drug-likeness (QED) is 0.471. The van der Waals surface area contributed by atoms with Gasteiger partial charge in [-0.3, -0.25) is 10.1 Å². The fourth-order valence-electron chi connectivity index (χ4n) is 2.19. The monoisotopic (exact) mass is 407 g/mol. The molecule has 1 amide bonds. The van der Waals surface area contributed by atoms with Gasteiger partial charge in [0.1, 0.15) is 0 Å². The first-order valence-electron chi connectivity index (χ1n) is 7.81. The summed E-state index contributed by atoms with van der Waals surface area (Å²) >= 11 is 4.23. The molecule has 26 heavy (non-hydrogen) atoms. The maximum Gasteiger partial charge on any atom is 0.236 e. The number of aryl methyl sites for hydroxylation is 2. The smallest absolute Gasteiger partial charge is 0.236 e. The van der Waals surface area contributed by atoms with E-state index in [1.54, 1.807) is 16.4 Å². The van der Waals surface area contributed by atoms with E-state index in [4.69, 9.17) is 0 Å². The lowest BCUT2D eigenvalue weighted by atomic mass is 10.1. The first-order valence-corrected chi connectivity index (χ1v) is 10.6. The van der Waals surface area contributed by atoms with Crippen LogP contribution in [0.15, 0.2) is 27.7 Å². The Balaban J connectivity index is 1.63. The first kappa shape index (κ1) is 18.8. The van der Waals surface area contributed by atoms with E-state index in [1.807, 2.05) is 32.9 Å². The molecule has 0 aliphatic rings. The van der Waals surface area contributed by atoms with Crippen LogP contribution in [0.1, 0.15) is 18.1 Å². The van der Waals surface area contributed by atoms with Gasteiger partial charge in [-0.1, -0.05) is 59.5 Å². The number of tetrazole rings is 1. The molecule has 0 unspecified atom stereocenters. The highest BCUT2D eigenvalue weighted by atomic mass is 32.2.